The molecule has 0 aliphatic heterocycles. The highest BCUT2D eigenvalue weighted by Gasteiger charge is 2.23. The highest BCUT2D eigenvalue weighted by Crippen LogP contribution is 2.41. The summed E-state index contributed by atoms with van der Waals surface area (Å²) in [4.78, 5) is 18.5. The minimum atomic E-state index is -0.945. The van der Waals surface area contributed by atoms with Crippen LogP contribution in [0.5, 0.6) is 5.75 Å². The van der Waals surface area contributed by atoms with E-state index >= 15 is 0 Å². The Balaban J connectivity index is 1.73. The Morgan fingerprint density at radius 3 is 2.66 bits per heavy atom. The first-order chi connectivity index (χ1) is 15.6. The van der Waals surface area contributed by atoms with Crippen molar-refractivity contribution in [2.45, 2.75) is 58.5 Å². The number of fused-ring (bicyclic) bond motifs is 2. The Hall–Kier alpha value is -2.92. The Labute approximate surface area is 191 Å². The molecule has 1 saturated carbocycles. The average molecular weight is 446 g/mol. The number of rotatable bonds is 5. The minimum absolute atomic E-state index is 0.144. The van der Waals surface area contributed by atoms with Crippen molar-refractivity contribution in [1.82, 2.24) is 4.98 Å². The van der Waals surface area contributed by atoms with Gasteiger partial charge in [0, 0.05) is 4.70 Å². The summed E-state index contributed by atoms with van der Waals surface area (Å²) in [6.45, 7) is 4.17. The molecule has 1 aliphatic carbocycles. The lowest BCUT2D eigenvalue weighted by Crippen LogP contribution is -2.20. The Kier molecular flexibility index (Phi) is 5.60. The number of thiophene rings is 1. The number of carbonyl (C=O) groups is 1. The number of pyridine rings is 1. The molecule has 0 saturated heterocycles. The Morgan fingerprint density at radius 2 is 1.94 bits per heavy atom. The molecule has 1 aliphatic rings. The van der Waals surface area contributed by atoms with Crippen molar-refractivity contribution < 1.29 is 14.6 Å². The van der Waals surface area contributed by atoms with E-state index in [2.05, 4.69) is 26.0 Å². The van der Waals surface area contributed by atoms with Gasteiger partial charge in [-0.1, -0.05) is 37.6 Å². The number of hydrogen-bond acceptors (Lipinski definition) is 4. The molecule has 4 nitrogen and oxygen atoms in total. The first-order valence-corrected chi connectivity index (χ1v) is 12.2. The van der Waals surface area contributed by atoms with Gasteiger partial charge in [-0.15, -0.1) is 11.3 Å². The summed E-state index contributed by atoms with van der Waals surface area (Å²) in [6, 6.07) is 14.0. The van der Waals surface area contributed by atoms with Crippen LogP contribution in [0.15, 0.2) is 42.5 Å². The van der Waals surface area contributed by atoms with E-state index in [1.165, 1.54) is 16.5 Å². The Bertz CT molecular complexity index is 1320. The van der Waals surface area contributed by atoms with E-state index in [0.717, 1.165) is 59.3 Å². The quantitative estimate of drug-likeness (QED) is 0.348. The molecule has 164 valence electrons. The second kappa shape index (κ2) is 8.55. The molecular weight excluding hydrogens is 418 g/mol. The molecule has 5 rings (SSSR count). The highest BCUT2D eigenvalue weighted by atomic mass is 32.1. The van der Waals surface area contributed by atoms with E-state index in [1.54, 1.807) is 17.4 Å². The topological polar surface area (TPSA) is 59.4 Å². The van der Waals surface area contributed by atoms with Gasteiger partial charge in [0.05, 0.1) is 33.1 Å². The number of carboxylic acid groups (broad SMARTS) is 1. The smallest absolute Gasteiger partial charge is 0.336 e. The van der Waals surface area contributed by atoms with Crippen LogP contribution in [0.1, 0.15) is 60.5 Å². The molecule has 0 amide bonds. The van der Waals surface area contributed by atoms with Gasteiger partial charge >= 0.3 is 5.97 Å². The number of aromatic nitrogens is 1. The molecule has 2 aromatic carbocycles. The third-order valence-corrected chi connectivity index (χ3v) is 7.83. The summed E-state index contributed by atoms with van der Waals surface area (Å²) in [5, 5.41) is 12.0. The fraction of sp³-hybridized carbons (Fsp3) is 0.333. The highest BCUT2D eigenvalue weighted by molar-refractivity contribution is 7.22. The van der Waals surface area contributed by atoms with Gasteiger partial charge in [-0.2, -0.15) is 0 Å². The number of carboxylic acids is 1. The lowest BCUT2D eigenvalue weighted by molar-refractivity contribution is 0.0698. The van der Waals surface area contributed by atoms with E-state index in [1.807, 2.05) is 24.3 Å². The fourth-order valence-corrected chi connectivity index (χ4v) is 5.98. The van der Waals surface area contributed by atoms with Crippen molar-refractivity contribution in [1.29, 1.82) is 0 Å². The van der Waals surface area contributed by atoms with Crippen molar-refractivity contribution in [2.75, 3.05) is 0 Å². The van der Waals surface area contributed by atoms with Crippen LogP contribution in [-0.2, 0) is 6.42 Å². The van der Waals surface area contributed by atoms with E-state index in [0.29, 0.717) is 11.1 Å². The number of aryl methyl sites for hydroxylation is 2. The van der Waals surface area contributed by atoms with Crippen LogP contribution >= 0.6 is 11.3 Å². The third-order valence-electron chi connectivity index (χ3n) is 6.54. The van der Waals surface area contributed by atoms with Crippen molar-refractivity contribution in [2.24, 2.45) is 0 Å². The van der Waals surface area contributed by atoms with Gasteiger partial charge < -0.3 is 9.84 Å². The van der Waals surface area contributed by atoms with Crippen LogP contribution in [0.2, 0.25) is 0 Å². The lowest BCUT2D eigenvalue weighted by Gasteiger charge is -2.24. The molecule has 32 heavy (non-hydrogen) atoms. The van der Waals surface area contributed by atoms with Gasteiger partial charge in [0.15, 0.2) is 0 Å². The number of nitrogens with zero attached hydrogens (tertiary/aromatic N) is 1. The van der Waals surface area contributed by atoms with Crippen molar-refractivity contribution in [3.8, 4) is 16.3 Å². The van der Waals surface area contributed by atoms with Gasteiger partial charge in [0.2, 0.25) is 0 Å². The predicted octanol–water partition coefficient (Wildman–Crippen LogP) is 7.40. The van der Waals surface area contributed by atoms with Gasteiger partial charge in [0.1, 0.15) is 5.75 Å². The zero-order valence-corrected chi connectivity index (χ0v) is 19.3. The third kappa shape index (κ3) is 3.65. The summed E-state index contributed by atoms with van der Waals surface area (Å²) in [5.74, 6) is -0.298. The largest absolute Gasteiger partial charge is 0.490 e. The van der Waals surface area contributed by atoms with Crippen LogP contribution in [0.3, 0.4) is 0 Å². The molecule has 0 atom stereocenters. The van der Waals surface area contributed by atoms with Crippen LogP contribution in [-0.4, -0.2) is 22.2 Å². The van der Waals surface area contributed by atoms with Gasteiger partial charge in [-0.05, 0) is 73.7 Å². The fourth-order valence-electron chi connectivity index (χ4n) is 4.82. The molecule has 0 spiro atoms. The molecule has 4 aromatic rings. The van der Waals surface area contributed by atoms with Gasteiger partial charge in [-0.3, -0.25) is 0 Å². The lowest BCUT2D eigenvalue weighted by atomic mass is 9.97. The molecule has 2 heterocycles. The minimum Gasteiger partial charge on any atom is -0.490 e. The molecule has 5 heteroatoms. The number of hydrogen-bond donors (Lipinski definition) is 1. The molecule has 0 bridgehead atoms. The number of ether oxygens (including phenoxy) is 1. The van der Waals surface area contributed by atoms with Crippen molar-refractivity contribution >= 4 is 38.3 Å². The summed E-state index contributed by atoms with van der Waals surface area (Å²) < 4.78 is 7.56. The maximum atomic E-state index is 12.4. The van der Waals surface area contributed by atoms with Gasteiger partial charge in [0.25, 0.3) is 0 Å². The van der Waals surface area contributed by atoms with Crippen molar-refractivity contribution in [3.63, 3.8) is 0 Å². The normalized spacial score (nSPS) is 14.8. The monoisotopic (exact) mass is 445 g/mol. The van der Waals surface area contributed by atoms with E-state index < -0.39 is 5.97 Å². The molecule has 1 N–H and O–H groups in total. The van der Waals surface area contributed by atoms with E-state index in [-0.39, 0.29) is 11.7 Å². The van der Waals surface area contributed by atoms with Crippen LogP contribution in [0.4, 0.5) is 0 Å². The first-order valence-electron chi connectivity index (χ1n) is 11.4. The van der Waals surface area contributed by atoms with Crippen LogP contribution < -0.4 is 4.74 Å². The van der Waals surface area contributed by atoms with Crippen molar-refractivity contribution in [3.05, 3.63) is 59.2 Å². The van der Waals surface area contributed by atoms with Crippen LogP contribution in [0.25, 0.3) is 31.6 Å². The first kappa shape index (κ1) is 21.0. The zero-order valence-electron chi connectivity index (χ0n) is 18.5. The maximum absolute atomic E-state index is 12.4. The predicted molar refractivity (Wildman–Crippen MR) is 131 cm³/mol. The second-order valence-corrected chi connectivity index (χ2v) is 9.64. The molecular formula is C27H27NO3S. The molecule has 0 unspecified atom stereocenters. The SMILES string of the molecule is CCc1ccc(OC2CCCCC2)c2c(C(=O)O)cc(-c3sc4ccccc4c3C)nc12. The average Bonchev–Trinajstić information content (AvgIpc) is 3.16. The van der Waals surface area contributed by atoms with Gasteiger partial charge in [-0.25, -0.2) is 9.78 Å². The summed E-state index contributed by atoms with van der Waals surface area (Å²) >= 11 is 1.67. The van der Waals surface area contributed by atoms with E-state index in [9.17, 15) is 9.90 Å². The summed E-state index contributed by atoms with van der Waals surface area (Å²) in [6.07, 6.45) is 6.53. The second-order valence-electron chi connectivity index (χ2n) is 8.59. The number of benzene rings is 2. The molecule has 1 fully saturated rings. The zero-order chi connectivity index (χ0) is 22.2. The molecule has 0 radical (unpaired) electrons. The summed E-state index contributed by atoms with van der Waals surface area (Å²) in [7, 11) is 0. The number of aromatic carboxylic acids is 1. The summed E-state index contributed by atoms with van der Waals surface area (Å²) in [5.41, 5.74) is 3.91. The maximum Gasteiger partial charge on any atom is 0.336 e. The Morgan fingerprint density at radius 1 is 1.16 bits per heavy atom. The molecule has 2 aromatic heterocycles. The van der Waals surface area contributed by atoms with Crippen LogP contribution in [0, 0.1) is 6.92 Å². The standard InChI is InChI=1S/C27H27NO3S/c1-3-17-13-14-22(31-18-9-5-4-6-10-18)24-20(27(29)30)15-21(28-25(17)24)26-16(2)19-11-7-8-12-23(19)32-26/h7-8,11-15,18H,3-6,9-10H2,1-2H3,(H,29,30). The van der Waals surface area contributed by atoms with E-state index in [4.69, 9.17) is 9.72 Å².